The van der Waals surface area contributed by atoms with E-state index in [1.165, 1.54) is 0 Å². The number of carbonyl (C=O) groups is 1. The molecule has 0 saturated carbocycles. The van der Waals surface area contributed by atoms with Gasteiger partial charge in [-0.3, -0.25) is 4.79 Å². The lowest BCUT2D eigenvalue weighted by Gasteiger charge is -2.22. The molecule has 0 unspecified atom stereocenters. The molecule has 0 aliphatic rings. The quantitative estimate of drug-likeness (QED) is 0.694. The van der Waals surface area contributed by atoms with Gasteiger partial charge in [-0.25, -0.2) is 0 Å². The molecule has 4 nitrogen and oxygen atoms in total. The number of nitrogens with two attached hydrogens (primary N) is 1. The van der Waals surface area contributed by atoms with Gasteiger partial charge in [0.05, 0.1) is 12.5 Å². The van der Waals surface area contributed by atoms with E-state index in [1.54, 1.807) is 7.11 Å². The SMILES string of the molecule is CO[C@H](C)[C@H](N)CC(=O)OC(C)(C)C. The second-order valence-electron chi connectivity index (χ2n) is 4.40. The van der Waals surface area contributed by atoms with Crippen molar-refractivity contribution in [2.45, 2.75) is 51.9 Å². The summed E-state index contributed by atoms with van der Waals surface area (Å²) < 4.78 is 10.1. The molecular weight excluding hydrogens is 182 g/mol. The standard InChI is InChI=1S/C10H21NO3/c1-7(13-5)8(11)6-9(12)14-10(2,3)4/h7-8H,6,11H2,1-5H3/t7-,8-/m1/s1. The molecule has 0 amide bonds. The highest BCUT2D eigenvalue weighted by atomic mass is 16.6. The van der Waals surface area contributed by atoms with Gasteiger partial charge in [0.15, 0.2) is 0 Å². The van der Waals surface area contributed by atoms with Crippen LogP contribution in [-0.2, 0) is 14.3 Å². The fraction of sp³-hybridized carbons (Fsp3) is 0.900. The number of rotatable bonds is 4. The third-order valence-corrected chi connectivity index (χ3v) is 1.80. The van der Waals surface area contributed by atoms with Gasteiger partial charge in [-0.05, 0) is 27.7 Å². The maximum Gasteiger partial charge on any atom is 0.307 e. The number of hydrogen-bond acceptors (Lipinski definition) is 4. The van der Waals surface area contributed by atoms with Crippen molar-refractivity contribution in [2.75, 3.05) is 7.11 Å². The minimum atomic E-state index is -0.451. The van der Waals surface area contributed by atoms with E-state index in [4.69, 9.17) is 15.2 Å². The Labute approximate surface area is 85.8 Å². The zero-order chi connectivity index (χ0) is 11.4. The van der Waals surface area contributed by atoms with Gasteiger partial charge in [0, 0.05) is 13.2 Å². The molecule has 0 bridgehead atoms. The van der Waals surface area contributed by atoms with Crippen molar-refractivity contribution in [1.29, 1.82) is 0 Å². The molecule has 2 N–H and O–H groups in total. The second-order valence-corrected chi connectivity index (χ2v) is 4.40. The topological polar surface area (TPSA) is 61.5 Å². The van der Waals surface area contributed by atoms with Gasteiger partial charge in [0.2, 0.25) is 0 Å². The van der Waals surface area contributed by atoms with E-state index in [9.17, 15) is 4.79 Å². The lowest BCUT2D eigenvalue weighted by Crippen LogP contribution is -2.37. The highest BCUT2D eigenvalue weighted by Gasteiger charge is 2.21. The number of esters is 1. The zero-order valence-electron chi connectivity index (χ0n) is 9.66. The summed E-state index contributed by atoms with van der Waals surface area (Å²) in [7, 11) is 1.57. The highest BCUT2D eigenvalue weighted by Crippen LogP contribution is 2.10. The molecule has 0 saturated heterocycles. The summed E-state index contributed by atoms with van der Waals surface area (Å²) in [5.74, 6) is -0.283. The fourth-order valence-corrected chi connectivity index (χ4v) is 0.916. The average Bonchev–Trinajstić information content (AvgIpc) is 1.99. The van der Waals surface area contributed by atoms with E-state index in [-0.39, 0.29) is 24.5 Å². The number of carbonyl (C=O) groups excluding carboxylic acids is 1. The van der Waals surface area contributed by atoms with E-state index in [0.29, 0.717) is 0 Å². The largest absolute Gasteiger partial charge is 0.460 e. The molecule has 0 aliphatic carbocycles. The number of ether oxygens (including phenoxy) is 2. The summed E-state index contributed by atoms with van der Waals surface area (Å²) in [5, 5.41) is 0. The van der Waals surface area contributed by atoms with Crippen molar-refractivity contribution in [3.05, 3.63) is 0 Å². The van der Waals surface area contributed by atoms with E-state index in [2.05, 4.69) is 0 Å². The molecule has 0 aromatic heterocycles. The van der Waals surface area contributed by atoms with Gasteiger partial charge in [0.1, 0.15) is 5.60 Å². The fourth-order valence-electron chi connectivity index (χ4n) is 0.916. The molecule has 0 rings (SSSR count). The van der Waals surface area contributed by atoms with Crippen LogP contribution in [-0.4, -0.2) is 30.8 Å². The van der Waals surface area contributed by atoms with Crippen LogP contribution in [0.2, 0.25) is 0 Å². The molecule has 0 spiro atoms. The third-order valence-electron chi connectivity index (χ3n) is 1.80. The number of hydrogen-bond donors (Lipinski definition) is 1. The predicted octanol–water partition coefficient (Wildman–Crippen LogP) is 1.08. The molecule has 4 heteroatoms. The Hall–Kier alpha value is -0.610. The Morgan fingerprint density at radius 1 is 1.43 bits per heavy atom. The van der Waals surface area contributed by atoms with E-state index < -0.39 is 5.60 Å². The monoisotopic (exact) mass is 203 g/mol. The number of methoxy groups -OCH3 is 1. The van der Waals surface area contributed by atoms with Crippen LogP contribution in [0.3, 0.4) is 0 Å². The van der Waals surface area contributed by atoms with Crippen LogP contribution in [0.4, 0.5) is 0 Å². The summed E-state index contributed by atoms with van der Waals surface area (Å²) in [6.45, 7) is 7.32. The molecule has 84 valence electrons. The molecule has 14 heavy (non-hydrogen) atoms. The Morgan fingerprint density at radius 3 is 2.29 bits per heavy atom. The zero-order valence-corrected chi connectivity index (χ0v) is 9.66. The van der Waals surface area contributed by atoms with Crippen molar-refractivity contribution in [3.63, 3.8) is 0 Å². The molecular formula is C10H21NO3. The van der Waals surface area contributed by atoms with Gasteiger partial charge in [0.25, 0.3) is 0 Å². The molecule has 2 atom stereocenters. The minimum Gasteiger partial charge on any atom is -0.460 e. The maximum atomic E-state index is 11.3. The van der Waals surface area contributed by atoms with Gasteiger partial charge < -0.3 is 15.2 Å². The van der Waals surface area contributed by atoms with Crippen molar-refractivity contribution in [2.24, 2.45) is 5.73 Å². The van der Waals surface area contributed by atoms with Gasteiger partial charge in [-0.2, -0.15) is 0 Å². The van der Waals surface area contributed by atoms with Gasteiger partial charge in [-0.1, -0.05) is 0 Å². The minimum absolute atomic E-state index is 0.137. The molecule has 0 aliphatic heterocycles. The van der Waals surface area contributed by atoms with Crippen molar-refractivity contribution < 1.29 is 14.3 Å². The first-order valence-corrected chi connectivity index (χ1v) is 4.76. The van der Waals surface area contributed by atoms with Gasteiger partial charge in [-0.15, -0.1) is 0 Å². The van der Waals surface area contributed by atoms with Crippen LogP contribution in [0.1, 0.15) is 34.1 Å². The summed E-state index contributed by atoms with van der Waals surface area (Å²) in [4.78, 5) is 11.3. The van der Waals surface area contributed by atoms with E-state index in [1.807, 2.05) is 27.7 Å². The molecule has 0 radical (unpaired) electrons. The summed E-state index contributed by atoms with van der Waals surface area (Å²) in [6.07, 6.45) is 0.0502. The molecule has 0 aromatic rings. The molecule has 0 heterocycles. The van der Waals surface area contributed by atoms with Crippen molar-refractivity contribution >= 4 is 5.97 Å². The summed E-state index contributed by atoms with van der Waals surface area (Å²) >= 11 is 0. The van der Waals surface area contributed by atoms with Gasteiger partial charge >= 0.3 is 5.97 Å². The summed E-state index contributed by atoms with van der Waals surface area (Å²) in [6, 6.07) is -0.310. The smallest absolute Gasteiger partial charge is 0.307 e. The van der Waals surface area contributed by atoms with Crippen LogP contribution < -0.4 is 5.73 Å². The lowest BCUT2D eigenvalue weighted by atomic mass is 10.1. The van der Waals surface area contributed by atoms with Crippen LogP contribution in [0.25, 0.3) is 0 Å². The normalized spacial score (nSPS) is 16.1. The Balaban J connectivity index is 3.95. The lowest BCUT2D eigenvalue weighted by molar-refractivity contribution is -0.155. The van der Waals surface area contributed by atoms with Crippen molar-refractivity contribution in [3.8, 4) is 0 Å². The van der Waals surface area contributed by atoms with Crippen LogP contribution >= 0.6 is 0 Å². The Morgan fingerprint density at radius 2 is 1.93 bits per heavy atom. The molecule has 0 aromatic carbocycles. The maximum absolute atomic E-state index is 11.3. The third kappa shape index (κ3) is 5.94. The van der Waals surface area contributed by atoms with E-state index >= 15 is 0 Å². The van der Waals surface area contributed by atoms with Crippen LogP contribution in [0.5, 0.6) is 0 Å². The summed E-state index contributed by atoms with van der Waals surface area (Å²) in [5.41, 5.74) is 5.27. The first-order valence-electron chi connectivity index (χ1n) is 4.76. The highest BCUT2D eigenvalue weighted by molar-refractivity contribution is 5.70. The second kappa shape index (κ2) is 5.32. The van der Waals surface area contributed by atoms with E-state index in [0.717, 1.165) is 0 Å². The Bertz CT molecular complexity index is 186. The first-order chi connectivity index (χ1) is 6.26. The van der Waals surface area contributed by atoms with Crippen LogP contribution in [0.15, 0.2) is 0 Å². The predicted molar refractivity (Wildman–Crippen MR) is 54.9 cm³/mol. The first kappa shape index (κ1) is 13.4. The Kier molecular flexibility index (Phi) is 5.08. The van der Waals surface area contributed by atoms with Crippen molar-refractivity contribution in [1.82, 2.24) is 0 Å². The molecule has 0 fully saturated rings. The van der Waals surface area contributed by atoms with Crippen LogP contribution in [0, 0.1) is 0 Å². The average molecular weight is 203 g/mol.